The smallest absolute Gasteiger partial charge is 0.167 e. The van der Waals surface area contributed by atoms with Gasteiger partial charge in [-0.3, -0.25) is 4.57 Å². The summed E-state index contributed by atoms with van der Waals surface area (Å²) in [4.78, 5) is 12.3. The Hall–Kier alpha value is -1.81. The van der Waals surface area contributed by atoms with Gasteiger partial charge in [0.1, 0.15) is 29.7 Å². The third kappa shape index (κ3) is 2.20. The molecule has 2 aromatic heterocycles. The third-order valence-electron chi connectivity index (χ3n) is 5.03. The SMILES string of the molecule is CCCNC[C@@H]1C[C@@]12OC(n1cnc3c(N)ncnc31)[C@@H](O)C2O. The van der Waals surface area contributed by atoms with Gasteiger partial charge in [-0.25, -0.2) is 15.0 Å². The lowest BCUT2D eigenvalue weighted by atomic mass is 10.1. The molecular formula is C15H22N6O3. The van der Waals surface area contributed by atoms with Crippen LogP contribution in [0.3, 0.4) is 0 Å². The van der Waals surface area contributed by atoms with E-state index in [0.717, 1.165) is 25.9 Å². The first-order valence-electron chi connectivity index (χ1n) is 8.26. The minimum absolute atomic E-state index is 0.188. The molecule has 5 N–H and O–H groups in total. The first kappa shape index (κ1) is 15.7. The molecule has 9 heteroatoms. The van der Waals surface area contributed by atoms with Crippen molar-refractivity contribution in [3.05, 3.63) is 12.7 Å². The Balaban J connectivity index is 1.58. The zero-order valence-electron chi connectivity index (χ0n) is 13.5. The normalized spacial score (nSPS) is 35.1. The van der Waals surface area contributed by atoms with E-state index in [9.17, 15) is 10.2 Å². The number of aromatic nitrogens is 4. The summed E-state index contributed by atoms with van der Waals surface area (Å²) >= 11 is 0. The van der Waals surface area contributed by atoms with Crippen molar-refractivity contribution in [2.24, 2.45) is 5.92 Å². The molecule has 1 aliphatic carbocycles. The molecule has 5 atom stereocenters. The number of nitrogens with two attached hydrogens (primary N) is 1. The molecule has 2 fully saturated rings. The van der Waals surface area contributed by atoms with Gasteiger partial charge in [-0.05, 0) is 19.4 Å². The molecule has 130 valence electrons. The number of aliphatic hydroxyl groups excluding tert-OH is 2. The number of hydrogen-bond acceptors (Lipinski definition) is 8. The summed E-state index contributed by atoms with van der Waals surface area (Å²) in [5, 5.41) is 24.4. The molecule has 0 aromatic carbocycles. The highest BCUT2D eigenvalue weighted by atomic mass is 16.6. The average molecular weight is 334 g/mol. The number of fused-ring (bicyclic) bond motifs is 1. The van der Waals surface area contributed by atoms with Gasteiger partial charge in [0.25, 0.3) is 0 Å². The summed E-state index contributed by atoms with van der Waals surface area (Å²) in [5.74, 6) is 0.461. The quantitative estimate of drug-likeness (QED) is 0.534. The van der Waals surface area contributed by atoms with E-state index in [1.807, 2.05) is 0 Å². The Morgan fingerprint density at radius 3 is 3.04 bits per heavy atom. The van der Waals surface area contributed by atoms with Crippen molar-refractivity contribution in [3.8, 4) is 0 Å². The summed E-state index contributed by atoms with van der Waals surface area (Å²) in [6.07, 6.45) is 1.91. The Morgan fingerprint density at radius 1 is 1.42 bits per heavy atom. The summed E-state index contributed by atoms with van der Waals surface area (Å²) in [5.41, 5.74) is 6.05. The highest BCUT2D eigenvalue weighted by Crippen LogP contribution is 2.57. The van der Waals surface area contributed by atoms with Crippen LogP contribution in [0.1, 0.15) is 26.0 Å². The Kier molecular flexibility index (Phi) is 3.68. The Labute approximate surface area is 138 Å². The lowest BCUT2D eigenvalue weighted by Crippen LogP contribution is -2.35. The average Bonchev–Trinajstić information content (AvgIpc) is 2.99. The van der Waals surface area contributed by atoms with Gasteiger partial charge in [-0.2, -0.15) is 0 Å². The maximum absolute atomic E-state index is 10.5. The number of rotatable bonds is 5. The van der Waals surface area contributed by atoms with Crippen molar-refractivity contribution < 1.29 is 14.9 Å². The first-order chi connectivity index (χ1) is 11.6. The fraction of sp³-hybridized carbons (Fsp3) is 0.667. The van der Waals surface area contributed by atoms with E-state index in [2.05, 4.69) is 27.2 Å². The van der Waals surface area contributed by atoms with Gasteiger partial charge in [-0.15, -0.1) is 0 Å². The molecular weight excluding hydrogens is 312 g/mol. The van der Waals surface area contributed by atoms with Gasteiger partial charge in [0.15, 0.2) is 17.7 Å². The monoisotopic (exact) mass is 334 g/mol. The number of hydrogen-bond donors (Lipinski definition) is 4. The van der Waals surface area contributed by atoms with Crippen LogP contribution in [0.25, 0.3) is 11.2 Å². The molecule has 2 aromatic rings. The minimum atomic E-state index is -1.05. The van der Waals surface area contributed by atoms with E-state index in [1.165, 1.54) is 12.7 Å². The number of nitrogen functional groups attached to an aromatic ring is 1. The third-order valence-corrected chi connectivity index (χ3v) is 5.03. The number of nitrogens with one attached hydrogen (secondary N) is 1. The zero-order valence-corrected chi connectivity index (χ0v) is 13.5. The molecule has 0 amide bonds. The molecule has 1 aliphatic heterocycles. The van der Waals surface area contributed by atoms with Crippen LogP contribution >= 0.6 is 0 Å². The molecule has 3 heterocycles. The van der Waals surface area contributed by atoms with Gasteiger partial charge in [0.05, 0.1) is 6.33 Å². The fourth-order valence-electron chi connectivity index (χ4n) is 3.62. The summed E-state index contributed by atoms with van der Waals surface area (Å²) in [7, 11) is 0. The van der Waals surface area contributed by atoms with Crippen LogP contribution in [0.4, 0.5) is 5.82 Å². The first-order valence-corrected chi connectivity index (χ1v) is 8.26. The number of imidazole rings is 1. The Morgan fingerprint density at radius 2 is 2.25 bits per heavy atom. The lowest BCUT2D eigenvalue weighted by Gasteiger charge is -2.16. The second-order valence-electron chi connectivity index (χ2n) is 6.59. The van der Waals surface area contributed by atoms with Crippen LogP contribution in [-0.2, 0) is 4.74 Å². The maximum atomic E-state index is 10.5. The van der Waals surface area contributed by atoms with Gasteiger partial charge >= 0.3 is 0 Å². The van der Waals surface area contributed by atoms with E-state index in [4.69, 9.17) is 10.5 Å². The number of nitrogens with zero attached hydrogens (tertiary/aromatic N) is 4. The van der Waals surface area contributed by atoms with Gasteiger partial charge in [0, 0.05) is 12.5 Å². The Bertz CT molecular complexity index is 752. The molecule has 4 rings (SSSR count). The second kappa shape index (κ2) is 5.62. The van der Waals surface area contributed by atoms with E-state index in [0.29, 0.717) is 11.2 Å². The zero-order chi connectivity index (χ0) is 16.9. The van der Waals surface area contributed by atoms with Crippen molar-refractivity contribution >= 4 is 17.0 Å². The largest absolute Gasteiger partial charge is 0.387 e. The van der Waals surface area contributed by atoms with Crippen LogP contribution in [0.15, 0.2) is 12.7 Å². The molecule has 2 unspecified atom stereocenters. The number of ether oxygens (including phenoxy) is 1. The maximum Gasteiger partial charge on any atom is 0.167 e. The second-order valence-corrected chi connectivity index (χ2v) is 6.59. The fourth-order valence-corrected chi connectivity index (χ4v) is 3.62. The van der Waals surface area contributed by atoms with Crippen LogP contribution in [0.5, 0.6) is 0 Å². The molecule has 24 heavy (non-hydrogen) atoms. The summed E-state index contributed by atoms with van der Waals surface area (Å²) < 4.78 is 7.72. The highest BCUT2D eigenvalue weighted by molar-refractivity contribution is 5.81. The van der Waals surface area contributed by atoms with Gasteiger partial charge < -0.3 is 26.0 Å². The van der Waals surface area contributed by atoms with E-state index in [1.54, 1.807) is 4.57 Å². The summed E-state index contributed by atoms with van der Waals surface area (Å²) in [6, 6.07) is 0. The summed E-state index contributed by atoms with van der Waals surface area (Å²) in [6.45, 7) is 3.80. The molecule has 0 radical (unpaired) electrons. The molecule has 2 aliphatic rings. The molecule has 9 nitrogen and oxygen atoms in total. The van der Waals surface area contributed by atoms with Crippen molar-refractivity contribution in [3.63, 3.8) is 0 Å². The van der Waals surface area contributed by atoms with Crippen LogP contribution in [0, 0.1) is 5.92 Å². The molecule has 1 spiro atoms. The van der Waals surface area contributed by atoms with Crippen LogP contribution in [0.2, 0.25) is 0 Å². The predicted octanol–water partition coefficient (Wildman–Crippen LogP) is -0.583. The van der Waals surface area contributed by atoms with Gasteiger partial charge in [-0.1, -0.05) is 6.92 Å². The predicted molar refractivity (Wildman–Crippen MR) is 85.9 cm³/mol. The molecule has 0 bridgehead atoms. The van der Waals surface area contributed by atoms with Crippen molar-refractivity contribution in [2.75, 3.05) is 18.8 Å². The number of aliphatic hydroxyl groups is 2. The van der Waals surface area contributed by atoms with E-state index < -0.39 is 24.0 Å². The minimum Gasteiger partial charge on any atom is -0.387 e. The number of anilines is 1. The standard InChI is InChI=1S/C15H22N6O3/c1-2-3-17-5-8-4-15(8)11(23)10(22)14(24-15)21-7-20-9-12(16)18-6-19-13(9)21/h6-8,10-11,14,17,22-23H,2-5H2,1H3,(H2,16,18,19)/t8-,10-,11?,14?,15+/m0/s1. The van der Waals surface area contributed by atoms with Crippen molar-refractivity contribution in [1.82, 2.24) is 24.8 Å². The van der Waals surface area contributed by atoms with E-state index in [-0.39, 0.29) is 11.7 Å². The highest BCUT2D eigenvalue weighted by Gasteiger charge is 2.68. The molecule has 1 saturated carbocycles. The molecule has 1 saturated heterocycles. The lowest BCUT2D eigenvalue weighted by molar-refractivity contribution is -0.0530. The van der Waals surface area contributed by atoms with Crippen LogP contribution < -0.4 is 11.1 Å². The topological polar surface area (TPSA) is 131 Å². The van der Waals surface area contributed by atoms with Crippen molar-refractivity contribution in [2.45, 2.75) is 43.8 Å². The van der Waals surface area contributed by atoms with Crippen molar-refractivity contribution in [1.29, 1.82) is 0 Å². The van der Waals surface area contributed by atoms with E-state index >= 15 is 0 Å². The van der Waals surface area contributed by atoms with Crippen LogP contribution in [-0.4, -0.2) is 60.6 Å². The van der Waals surface area contributed by atoms with Gasteiger partial charge in [0.2, 0.25) is 0 Å².